The minimum absolute atomic E-state index is 0.00115. The van der Waals surface area contributed by atoms with Gasteiger partial charge >= 0.3 is 0 Å². The van der Waals surface area contributed by atoms with Crippen molar-refractivity contribution in [2.45, 2.75) is 0 Å². The van der Waals surface area contributed by atoms with Gasteiger partial charge in [0.05, 0.1) is 11.3 Å². The van der Waals surface area contributed by atoms with Crippen LogP contribution in [0, 0.1) is 11.6 Å². The molecule has 0 fully saturated rings. The molecule has 170 valence electrons. The number of carbonyl (C=O) groups is 2. The van der Waals surface area contributed by atoms with Crippen LogP contribution >= 0.6 is 0 Å². The highest BCUT2D eigenvalue weighted by Crippen LogP contribution is 2.39. The third-order valence-electron chi connectivity index (χ3n) is 6.01. The molecule has 0 atom stereocenters. The lowest BCUT2D eigenvalue weighted by molar-refractivity contribution is 0.0602. The second-order valence-corrected chi connectivity index (χ2v) is 8.50. The van der Waals surface area contributed by atoms with E-state index in [1.165, 1.54) is 23.2 Å². The predicted molar refractivity (Wildman–Crippen MR) is 129 cm³/mol. The maximum absolute atomic E-state index is 14.2. The highest BCUT2D eigenvalue weighted by molar-refractivity contribution is 6.31. The third-order valence-corrected chi connectivity index (χ3v) is 6.01. The molecule has 2 amide bonds. The van der Waals surface area contributed by atoms with Gasteiger partial charge < -0.3 is 4.90 Å². The Kier molecular flexibility index (Phi) is 5.42. The summed E-state index contributed by atoms with van der Waals surface area (Å²) in [5.74, 6) is -2.66. The Bertz CT molecular complexity index is 1510. The van der Waals surface area contributed by atoms with Crippen LogP contribution in [0.25, 0.3) is 21.5 Å². The number of imide groups is 1. The standard InChI is InChI=1S/C27H21F2N3O2/c1-31(2)12-13-32-26(33)19-9-3-6-16-14-17-7-5-11-21(23(17)24(22(16)19)27(32)34)30-15-18-8-4-10-20(28)25(18)29/h3-11,14-15H,12-13H2,1-2H3. The first-order valence-electron chi connectivity index (χ1n) is 10.8. The molecule has 0 unspecified atom stereocenters. The first-order chi connectivity index (χ1) is 16.4. The van der Waals surface area contributed by atoms with Gasteiger partial charge in [-0.25, -0.2) is 8.78 Å². The lowest BCUT2D eigenvalue weighted by atomic mass is 9.89. The number of likely N-dealkylation sites (N-methyl/N-ethyl adjacent to an activating group) is 1. The molecule has 5 rings (SSSR count). The van der Waals surface area contributed by atoms with E-state index in [4.69, 9.17) is 0 Å². The van der Waals surface area contributed by atoms with E-state index in [9.17, 15) is 18.4 Å². The maximum Gasteiger partial charge on any atom is 0.262 e. The Hall–Kier alpha value is -3.97. The molecule has 0 bridgehead atoms. The van der Waals surface area contributed by atoms with Crippen molar-refractivity contribution in [1.82, 2.24) is 9.80 Å². The van der Waals surface area contributed by atoms with E-state index in [0.29, 0.717) is 34.1 Å². The van der Waals surface area contributed by atoms with Gasteiger partial charge in [-0.15, -0.1) is 0 Å². The van der Waals surface area contributed by atoms with E-state index in [2.05, 4.69) is 4.99 Å². The molecular weight excluding hydrogens is 436 g/mol. The molecule has 5 nitrogen and oxygen atoms in total. The van der Waals surface area contributed by atoms with Crippen LogP contribution in [-0.4, -0.2) is 55.0 Å². The minimum atomic E-state index is -0.989. The van der Waals surface area contributed by atoms with Gasteiger partial charge in [-0.05, 0) is 49.1 Å². The van der Waals surface area contributed by atoms with Crippen LogP contribution in [0.4, 0.5) is 14.5 Å². The van der Waals surface area contributed by atoms with Gasteiger partial charge in [0.2, 0.25) is 0 Å². The van der Waals surface area contributed by atoms with Crippen molar-refractivity contribution < 1.29 is 18.4 Å². The average Bonchev–Trinajstić information content (AvgIpc) is 2.82. The second kappa shape index (κ2) is 8.43. The van der Waals surface area contributed by atoms with E-state index < -0.39 is 11.6 Å². The van der Waals surface area contributed by atoms with E-state index in [-0.39, 0.29) is 23.9 Å². The molecule has 0 radical (unpaired) electrons. The Balaban J connectivity index is 1.75. The zero-order valence-corrected chi connectivity index (χ0v) is 18.7. The van der Waals surface area contributed by atoms with E-state index in [0.717, 1.165) is 16.8 Å². The summed E-state index contributed by atoms with van der Waals surface area (Å²) in [7, 11) is 3.75. The first kappa shape index (κ1) is 21.9. The van der Waals surface area contributed by atoms with E-state index in [1.807, 2.05) is 37.2 Å². The summed E-state index contributed by atoms with van der Waals surface area (Å²) in [6.07, 6.45) is 1.25. The Morgan fingerprint density at radius 3 is 2.38 bits per heavy atom. The van der Waals surface area contributed by atoms with Crippen molar-refractivity contribution in [1.29, 1.82) is 0 Å². The largest absolute Gasteiger partial charge is 0.308 e. The zero-order valence-electron chi connectivity index (χ0n) is 18.7. The summed E-state index contributed by atoms with van der Waals surface area (Å²) >= 11 is 0. The molecule has 0 saturated carbocycles. The van der Waals surface area contributed by atoms with Crippen LogP contribution in [0.1, 0.15) is 26.3 Å². The van der Waals surface area contributed by atoms with Crippen LogP contribution in [0.15, 0.2) is 65.7 Å². The lowest BCUT2D eigenvalue weighted by Gasteiger charge is -2.29. The second-order valence-electron chi connectivity index (χ2n) is 8.50. The number of hydrogen-bond acceptors (Lipinski definition) is 4. The number of rotatable bonds is 5. The van der Waals surface area contributed by atoms with Crippen molar-refractivity contribution in [3.05, 3.63) is 89.0 Å². The molecule has 1 heterocycles. The maximum atomic E-state index is 14.2. The molecule has 4 aromatic rings. The zero-order chi connectivity index (χ0) is 24.0. The highest BCUT2D eigenvalue weighted by Gasteiger charge is 2.34. The molecule has 1 aliphatic heterocycles. The summed E-state index contributed by atoms with van der Waals surface area (Å²) in [6.45, 7) is 0.772. The fourth-order valence-corrected chi connectivity index (χ4v) is 4.35. The first-order valence-corrected chi connectivity index (χ1v) is 10.8. The molecule has 0 N–H and O–H groups in total. The number of fused-ring (bicyclic) bond motifs is 2. The minimum Gasteiger partial charge on any atom is -0.308 e. The van der Waals surface area contributed by atoms with Crippen LogP contribution in [-0.2, 0) is 0 Å². The number of nitrogens with zero attached hydrogens (tertiary/aromatic N) is 3. The van der Waals surface area contributed by atoms with Gasteiger partial charge in [-0.2, -0.15) is 0 Å². The quantitative estimate of drug-likeness (QED) is 0.236. The number of aliphatic imine (C=N–C) groups is 1. The molecular formula is C27H21F2N3O2. The molecule has 0 spiro atoms. The summed E-state index contributed by atoms with van der Waals surface area (Å²) in [6, 6.07) is 16.6. The van der Waals surface area contributed by atoms with Gasteiger partial charge in [-0.1, -0.05) is 36.4 Å². The number of benzene rings is 4. The van der Waals surface area contributed by atoms with Crippen molar-refractivity contribution in [2.24, 2.45) is 4.99 Å². The van der Waals surface area contributed by atoms with Crippen LogP contribution in [0.2, 0.25) is 0 Å². The van der Waals surface area contributed by atoms with Crippen LogP contribution in [0.3, 0.4) is 0 Å². The number of hydrogen-bond donors (Lipinski definition) is 0. The summed E-state index contributed by atoms with van der Waals surface area (Å²) in [4.78, 5) is 34.5. The normalized spacial score (nSPS) is 13.7. The fourth-order valence-electron chi connectivity index (χ4n) is 4.35. The fraction of sp³-hybridized carbons (Fsp3) is 0.148. The summed E-state index contributed by atoms with van der Waals surface area (Å²) < 4.78 is 27.8. The molecule has 34 heavy (non-hydrogen) atoms. The lowest BCUT2D eigenvalue weighted by Crippen LogP contribution is -2.43. The SMILES string of the molecule is CN(C)CCN1C(=O)c2cccc3cc4cccc(N=Cc5cccc(F)c5F)c4c(c23)C1=O. The van der Waals surface area contributed by atoms with Crippen LogP contribution < -0.4 is 0 Å². The topological polar surface area (TPSA) is 53.0 Å². The van der Waals surface area contributed by atoms with Crippen molar-refractivity contribution >= 4 is 45.3 Å². The van der Waals surface area contributed by atoms with Gasteiger partial charge in [0.15, 0.2) is 11.6 Å². The average molecular weight is 457 g/mol. The molecule has 4 aromatic carbocycles. The highest BCUT2D eigenvalue weighted by atomic mass is 19.2. The molecule has 0 saturated heterocycles. The molecule has 0 aromatic heterocycles. The number of carbonyl (C=O) groups excluding carboxylic acids is 2. The molecule has 7 heteroatoms. The summed E-state index contributed by atoms with van der Waals surface area (Å²) in [5.41, 5.74) is 1.29. The summed E-state index contributed by atoms with van der Waals surface area (Å²) in [5, 5.41) is 2.71. The smallest absolute Gasteiger partial charge is 0.262 e. The molecule has 1 aliphatic rings. The van der Waals surface area contributed by atoms with Gasteiger partial charge in [-0.3, -0.25) is 19.5 Å². The number of amides is 2. The Morgan fingerprint density at radius 1 is 0.912 bits per heavy atom. The van der Waals surface area contributed by atoms with Crippen molar-refractivity contribution in [3.8, 4) is 0 Å². The molecule has 0 aliphatic carbocycles. The van der Waals surface area contributed by atoms with Crippen molar-refractivity contribution in [2.75, 3.05) is 27.2 Å². The Morgan fingerprint density at radius 2 is 1.62 bits per heavy atom. The van der Waals surface area contributed by atoms with Crippen molar-refractivity contribution in [3.63, 3.8) is 0 Å². The van der Waals surface area contributed by atoms with Crippen LogP contribution in [0.5, 0.6) is 0 Å². The van der Waals surface area contributed by atoms with E-state index in [1.54, 1.807) is 24.3 Å². The van der Waals surface area contributed by atoms with Gasteiger partial charge in [0.1, 0.15) is 0 Å². The van der Waals surface area contributed by atoms with Gasteiger partial charge in [0, 0.05) is 41.2 Å². The van der Waals surface area contributed by atoms with E-state index >= 15 is 0 Å². The third kappa shape index (κ3) is 3.54. The Labute approximate surface area is 194 Å². The van der Waals surface area contributed by atoms with Gasteiger partial charge in [0.25, 0.3) is 11.8 Å². The number of halogens is 2. The monoisotopic (exact) mass is 457 g/mol. The predicted octanol–water partition coefficient (Wildman–Crippen LogP) is 5.18.